The van der Waals surface area contributed by atoms with E-state index in [1.165, 1.54) is 27.8 Å². The molecular weight excluding hydrogens is 368 g/mol. The Bertz CT molecular complexity index is 1160. The summed E-state index contributed by atoms with van der Waals surface area (Å²) in [4.78, 5) is 0. The van der Waals surface area contributed by atoms with E-state index in [0.717, 1.165) is 34.4 Å². The molecule has 30 heavy (non-hydrogen) atoms. The van der Waals surface area contributed by atoms with Crippen molar-refractivity contribution >= 4 is 11.6 Å². The minimum atomic E-state index is -0.195. The zero-order chi connectivity index (χ0) is 21.6. The Labute approximate surface area is 179 Å². The van der Waals surface area contributed by atoms with Crippen molar-refractivity contribution in [2.45, 2.75) is 46.5 Å². The monoisotopic (exact) mass is 398 g/mol. The van der Waals surface area contributed by atoms with E-state index in [-0.39, 0.29) is 5.41 Å². The summed E-state index contributed by atoms with van der Waals surface area (Å²) < 4.78 is 5.59. The van der Waals surface area contributed by atoms with Crippen LogP contribution in [0.2, 0.25) is 0 Å². The molecule has 1 aliphatic rings. The van der Waals surface area contributed by atoms with Gasteiger partial charge in [0.05, 0.1) is 7.11 Å². The van der Waals surface area contributed by atoms with E-state index >= 15 is 0 Å². The fourth-order valence-corrected chi connectivity index (χ4v) is 4.42. The van der Waals surface area contributed by atoms with Crippen LogP contribution in [0.5, 0.6) is 11.5 Å². The lowest BCUT2D eigenvalue weighted by atomic mass is 9.83. The molecule has 0 saturated carbocycles. The van der Waals surface area contributed by atoms with Gasteiger partial charge in [-0.15, -0.1) is 0 Å². The third-order valence-corrected chi connectivity index (χ3v) is 6.19. The molecule has 0 unspecified atom stereocenters. The number of allylic oxidation sites excluding steroid dienone is 1. The van der Waals surface area contributed by atoms with Crippen LogP contribution >= 0.6 is 0 Å². The second-order valence-electron chi connectivity index (χ2n) is 9.30. The molecule has 3 aromatic carbocycles. The highest BCUT2D eigenvalue weighted by Crippen LogP contribution is 2.45. The number of phenols is 1. The number of aryl methyl sites for hydroxylation is 2. The van der Waals surface area contributed by atoms with Crippen molar-refractivity contribution in [1.29, 1.82) is 0 Å². The zero-order valence-corrected chi connectivity index (χ0v) is 18.8. The summed E-state index contributed by atoms with van der Waals surface area (Å²) in [6.45, 7) is 10.7. The lowest BCUT2D eigenvalue weighted by molar-refractivity contribution is 0.406. The third-order valence-electron chi connectivity index (χ3n) is 6.19. The number of benzene rings is 3. The Morgan fingerprint density at radius 3 is 2.17 bits per heavy atom. The summed E-state index contributed by atoms with van der Waals surface area (Å²) >= 11 is 0. The first-order valence-corrected chi connectivity index (χ1v) is 10.5. The number of aromatic hydroxyl groups is 1. The van der Waals surface area contributed by atoms with Crippen LogP contribution in [-0.2, 0) is 11.8 Å². The van der Waals surface area contributed by atoms with Crippen LogP contribution in [0, 0.1) is 13.8 Å². The predicted molar refractivity (Wildman–Crippen MR) is 126 cm³/mol. The Morgan fingerprint density at radius 2 is 1.53 bits per heavy atom. The maximum Gasteiger partial charge on any atom is 0.127 e. The van der Waals surface area contributed by atoms with E-state index in [9.17, 15) is 5.11 Å². The third kappa shape index (κ3) is 3.41. The van der Waals surface area contributed by atoms with Crippen LogP contribution in [-0.4, -0.2) is 12.2 Å². The number of hydrogen-bond donors (Lipinski definition) is 1. The molecule has 0 amide bonds. The van der Waals surface area contributed by atoms with E-state index in [4.69, 9.17) is 4.74 Å². The van der Waals surface area contributed by atoms with Gasteiger partial charge >= 0.3 is 0 Å². The molecule has 0 spiro atoms. The first-order valence-electron chi connectivity index (χ1n) is 10.5. The van der Waals surface area contributed by atoms with Gasteiger partial charge in [-0.2, -0.15) is 0 Å². The number of hydrogen-bond acceptors (Lipinski definition) is 2. The summed E-state index contributed by atoms with van der Waals surface area (Å²) in [5.74, 6) is 1.09. The molecule has 0 radical (unpaired) electrons. The van der Waals surface area contributed by atoms with Crippen LogP contribution in [0.3, 0.4) is 0 Å². The molecule has 0 atom stereocenters. The minimum absolute atomic E-state index is 0.195. The number of methoxy groups -OCH3 is 1. The highest BCUT2D eigenvalue weighted by atomic mass is 16.5. The van der Waals surface area contributed by atoms with Crippen molar-refractivity contribution in [3.8, 4) is 22.6 Å². The van der Waals surface area contributed by atoms with Gasteiger partial charge in [0.15, 0.2) is 0 Å². The normalized spacial score (nSPS) is 13.2. The molecule has 3 aromatic rings. The fourth-order valence-electron chi connectivity index (χ4n) is 4.42. The maximum absolute atomic E-state index is 11.3. The molecule has 2 nitrogen and oxygen atoms in total. The molecule has 0 aliphatic heterocycles. The summed E-state index contributed by atoms with van der Waals surface area (Å²) in [5.41, 5.74) is 10.4. The zero-order valence-electron chi connectivity index (χ0n) is 18.8. The molecule has 1 N–H and O–H groups in total. The minimum Gasteiger partial charge on any atom is -0.507 e. The van der Waals surface area contributed by atoms with Crippen LogP contribution < -0.4 is 4.74 Å². The van der Waals surface area contributed by atoms with Crippen LogP contribution in [0.1, 0.15) is 54.2 Å². The molecule has 154 valence electrons. The average molecular weight is 399 g/mol. The number of phenolic OH excluding ortho intramolecular Hbond substituents is 1. The Morgan fingerprint density at radius 1 is 0.867 bits per heavy atom. The van der Waals surface area contributed by atoms with Crippen molar-refractivity contribution in [2.24, 2.45) is 0 Å². The molecule has 0 aromatic heterocycles. The smallest absolute Gasteiger partial charge is 0.127 e. The standard InChI is InChI=1S/C28H30O2/c1-17-11-12-18(2)24-14-19(13-23(17)24)21-9-7-8-10-22(21)25-15-20(30-6)16-26(27(25)29)28(3,4)5/h7-13,15-16,29H,14H2,1-6H3. The summed E-state index contributed by atoms with van der Waals surface area (Å²) in [6, 6.07) is 16.7. The molecule has 0 saturated heterocycles. The highest BCUT2D eigenvalue weighted by molar-refractivity contribution is 5.95. The van der Waals surface area contributed by atoms with Gasteiger partial charge in [0, 0.05) is 11.1 Å². The summed E-state index contributed by atoms with van der Waals surface area (Å²) in [5, 5.41) is 11.3. The maximum atomic E-state index is 11.3. The number of rotatable bonds is 3. The fraction of sp³-hybridized carbons (Fsp3) is 0.286. The SMILES string of the molecule is COc1cc(-c2ccccc2C2=Cc3c(C)ccc(C)c3C2)c(O)c(C(C)(C)C)c1. The lowest BCUT2D eigenvalue weighted by Crippen LogP contribution is -2.12. The van der Waals surface area contributed by atoms with Crippen molar-refractivity contribution in [3.05, 3.63) is 81.9 Å². The first kappa shape index (κ1) is 20.3. The predicted octanol–water partition coefficient (Wildman–Crippen LogP) is 7.08. The van der Waals surface area contributed by atoms with Gasteiger partial charge in [-0.3, -0.25) is 0 Å². The Hall–Kier alpha value is -3.00. The molecule has 1 aliphatic carbocycles. The molecule has 4 rings (SSSR count). The molecule has 0 fully saturated rings. The van der Waals surface area contributed by atoms with Gasteiger partial charge in [-0.1, -0.05) is 63.2 Å². The Balaban J connectivity index is 1.90. The van der Waals surface area contributed by atoms with Gasteiger partial charge < -0.3 is 9.84 Å². The van der Waals surface area contributed by atoms with E-state index in [2.05, 4.69) is 71.0 Å². The van der Waals surface area contributed by atoms with Crippen molar-refractivity contribution < 1.29 is 9.84 Å². The van der Waals surface area contributed by atoms with Gasteiger partial charge in [-0.25, -0.2) is 0 Å². The number of fused-ring (bicyclic) bond motifs is 1. The van der Waals surface area contributed by atoms with E-state index < -0.39 is 0 Å². The van der Waals surface area contributed by atoms with Crippen molar-refractivity contribution in [1.82, 2.24) is 0 Å². The van der Waals surface area contributed by atoms with Crippen molar-refractivity contribution in [3.63, 3.8) is 0 Å². The van der Waals surface area contributed by atoms with Gasteiger partial charge in [0.25, 0.3) is 0 Å². The van der Waals surface area contributed by atoms with Gasteiger partial charge in [0.1, 0.15) is 11.5 Å². The number of ether oxygens (including phenoxy) is 1. The molecular formula is C28H30O2. The highest BCUT2D eigenvalue weighted by Gasteiger charge is 2.25. The topological polar surface area (TPSA) is 29.5 Å². The molecule has 2 heteroatoms. The first-order chi connectivity index (χ1) is 14.2. The second kappa shape index (κ2) is 7.36. The van der Waals surface area contributed by atoms with E-state index in [0.29, 0.717) is 5.75 Å². The largest absolute Gasteiger partial charge is 0.507 e. The van der Waals surface area contributed by atoms with Gasteiger partial charge in [-0.05, 0) is 76.8 Å². The summed E-state index contributed by atoms with van der Waals surface area (Å²) in [6.07, 6.45) is 3.23. The van der Waals surface area contributed by atoms with E-state index in [1.807, 2.05) is 18.2 Å². The van der Waals surface area contributed by atoms with Crippen LogP contribution in [0.4, 0.5) is 0 Å². The Kier molecular flexibility index (Phi) is 4.97. The van der Waals surface area contributed by atoms with Crippen LogP contribution in [0.25, 0.3) is 22.8 Å². The van der Waals surface area contributed by atoms with Crippen molar-refractivity contribution in [2.75, 3.05) is 7.11 Å². The molecule has 0 heterocycles. The lowest BCUT2D eigenvalue weighted by Gasteiger charge is -2.24. The second-order valence-corrected chi connectivity index (χ2v) is 9.30. The van der Waals surface area contributed by atoms with Crippen LogP contribution in [0.15, 0.2) is 48.5 Å². The van der Waals surface area contributed by atoms with Gasteiger partial charge in [0.2, 0.25) is 0 Å². The molecule has 0 bridgehead atoms. The van der Waals surface area contributed by atoms with E-state index in [1.54, 1.807) is 7.11 Å². The quantitative estimate of drug-likeness (QED) is 0.511. The summed E-state index contributed by atoms with van der Waals surface area (Å²) in [7, 11) is 1.68. The average Bonchev–Trinajstić information content (AvgIpc) is 3.17.